The fourth-order valence-electron chi connectivity index (χ4n) is 3.61. The molecule has 0 aliphatic carbocycles. The molecule has 3 aromatic rings. The molecular weight excluding hydrogens is 459 g/mol. The van der Waals surface area contributed by atoms with Crippen LogP contribution < -0.4 is 0 Å². The molecule has 1 aliphatic rings. The molecule has 2 aromatic heterocycles. The zero-order valence-electron chi connectivity index (χ0n) is 17.3. The number of rotatable bonds is 6. The topological polar surface area (TPSA) is 103 Å². The number of nitrogens with zero attached hydrogens (tertiary/aromatic N) is 4. The first-order valence-corrected chi connectivity index (χ1v) is 11.1. The number of thioether (sulfide) groups is 1. The van der Waals surface area contributed by atoms with E-state index in [2.05, 4.69) is 15.3 Å². The number of ether oxygens (including phenoxy) is 2. The monoisotopic (exact) mass is 480 g/mol. The van der Waals surface area contributed by atoms with Crippen LogP contribution in [0.4, 0.5) is 4.39 Å². The fraction of sp³-hybridized carbons (Fsp3) is 0.381. The van der Waals surface area contributed by atoms with Gasteiger partial charge in [0.25, 0.3) is 0 Å². The van der Waals surface area contributed by atoms with Gasteiger partial charge in [-0.2, -0.15) is 0 Å². The number of methoxy groups -OCH3 is 1. The Bertz CT molecular complexity index is 1090. The van der Waals surface area contributed by atoms with Crippen molar-refractivity contribution in [3.63, 3.8) is 0 Å². The molecule has 0 bridgehead atoms. The Morgan fingerprint density at radius 3 is 2.81 bits per heavy atom. The van der Waals surface area contributed by atoms with Crippen molar-refractivity contribution in [3.05, 3.63) is 59.3 Å². The maximum Gasteiger partial charge on any atom is 0.136 e. The van der Waals surface area contributed by atoms with Crippen molar-refractivity contribution in [3.8, 4) is 11.3 Å². The standard InChI is InChI=1S/C21H22ClFN4O4S/c1-11-3-4-12(5-15(11)23)16-9-27(26-25-16)18-19(29)17(10-28)31-21(20(18)30-2)32-14-6-13(22)7-24-8-14/h3-9,17-21,28-29H,10H2,1-2H3/t17-,18+,19+,20-,21-/m1/s1. The Kier molecular flexibility index (Phi) is 7.08. The summed E-state index contributed by atoms with van der Waals surface area (Å²) in [4.78, 5) is 4.82. The van der Waals surface area contributed by atoms with E-state index in [-0.39, 0.29) is 5.82 Å². The summed E-state index contributed by atoms with van der Waals surface area (Å²) in [5.41, 5.74) is 0.933. The number of aromatic nitrogens is 4. The van der Waals surface area contributed by atoms with Gasteiger partial charge in [-0.05, 0) is 24.6 Å². The largest absolute Gasteiger partial charge is 0.394 e. The van der Waals surface area contributed by atoms with Crippen LogP contribution in [0.5, 0.6) is 0 Å². The Labute approximate surface area is 193 Å². The third-order valence-electron chi connectivity index (χ3n) is 5.31. The lowest BCUT2D eigenvalue weighted by molar-refractivity contribution is -0.186. The average Bonchev–Trinajstić information content (AvgIpc) is 3.26. The molecule has 2 N–H and O–H groups in total. The first-order chi connectivity index (χ1) is 15.4. The lowest BCUT2D eigenvalue weighted by Crippen LogP contribution is -2.55. The summed E-state index contributed by atoms with van der Waals surface area (Å²) in [5.74, 6) is -0.343. The molecule has 1 aromatic carbocycles. The lowest BCUT2D eigenvalue weighted by Gasteiger charge is -2.43. The summed E-state index contributed by atoms with van der Waals surface area (Å²) in [6, 6.07) is 5.83. The normalized spacial score (nSPS) is 25.8. The van der Waals surface area contributed by atoms with E-state index in [0.29, 0.717) is 21.8 Å². The van der Waals surface area contributed by atoms with Gasteiger partial charge < -0.3 is 19.7 Å². The molecule has 170 valence electrons. The summed E-state index contributed by atoms with van der Waals surface area (Å²) in [6.07, 6.45) is 2.13. The number of benzene rings is 1. The molecule has 8 nitrogen and oxygen atoms in total. The van der Waals surface area contributed by atoms with Crippen molar-refractivity contribution in [2.24, 2.45) is 0 Å². The predicted octanol–water partition coefficient (Wildman–Crippen LogP) is 2.87. The molecule has 0 radical (unpaired) electrons. The second-order valence-corrected chi connectivity index (χ2v) is 9.02. The summed E-state index contributed by atoms with van der Waals surface area (Å²) in [6.45, 7) is 1.28. The summed E-state index contributed by atoms with van der Waals surface area (Å²) < 4.78 is 27.1. The lowest BCUT2D eigenvalue weighted by atomic mass is 9.97. The fourth-order valence-corrected chi connectivity index (χ4v) is 5.03. The highest BCUT2D eigenvalue weighted by Gasteiger charge is 2.47. The van der Waals surface area contributed by atoms with E-state index < -0.39 is 36.4 Å². The number of aryl methyl sites for hydroxylation is 1. The van der Waals surface area contributed by atoms with E-state index in [0.717, 1.165) is 4.90 Å². The molecule has 1 fully saturated rings. The molecule has 0 amide bonds. The predicted molar refractivity (Wildman–Crippen MR) is 117 cm³/mol. The second kappa shape index (κ2) is 9.82. The zero-order valence-corrected chi connectivity index (χ0v) is 18.9. The Morgan fingerprint density at radius 2 is 2.12 bits per heavy atom. The number of hydrogen-bond acceptors (Lipinski definition) is 8. The SMILES string of the molecule is CO[C@@H]1[C@@H](n2cc(-c3ccc(C)c(F)c3)nn2)[C@@H](O)[C@@H](CO)O[C@@H]1Sc1cncc(Cl)c1. The zero-order chi connectivity index (χ0) is 22.8. The van der Waals surface area contributed by atoms with Crippen molar-refractivity contribution in [2.75, 3.05) is 13.7 Å². The van der Waals surface area contributed by atoms with Crippen molar-refractivity contribution in [2.45, 2.75) is 41.6 Å². The molecule has 5 atom stereocenters. The minimum absolute atomic E-state index is 0.343. The highest BCUT2D eigenvalue weighted by atomic mass is 35.5. The Hall–Kier alpha value is -2.08. The molecular formula is C21H22ClFN4O4S. The van der Waals surface area contributed by atoms with Gasteiger partial charge in [-0.3, -0.25) is 4.98 Å². The first kappa shape index (κ1) is 23.1. The molecule has 0 saturated carbocycles. The van der Waals surface area contributed by atoms with Crippen molar-refractivity contribution >= 4 is 23.4 Å². The van der Waals surface area contributed by atoms with Gasteiger partial charge in [-0.25, -0.2) is 9.07 Å². The third kappa shape index (κ3) is 4.66. The van der Waals surface area contributed by atoms with Crippen LogP contribution in [-0.4, -0.2) is 67.7 Å². The van der Waals surface area contributed by atoms with E-state index >= 15 is 0 Å². The van der Waals surface area contributed by atoms with Gasteiger partial charge in [0.1, 0.15) is 41.3 Å². The van der Waals surface area contributed by atoms with E-state index in [1.54, 1.807) is 37.5 Å². The van der Waals surface area contributed by atoms with Crippen LogP contribution in [0, 0.1) is 12.7 Å². The van der Waals surface area contributed by atoms with E-state index in [9.17, 15) is 14.6 Å². The maximum atomic E-state index is 14.0. The van der Waals surface area contributed by atoms with Crippen molar-refractivity contribution in [1.29, 1.82) is 0 Å². The molecule has 0 unspecified atom stereocenters. The number of halogens is 2. The molecule has 32 heavy (non-hydrogen) atoms. The molecule has 11 heteroatoms. The smallest absolute Gasteiger partial charge is 0.136 e. The average molecular weight is 481 g/mol. The van der Waals surface area contributed by atoms with Crippen LogP contribution in [0.25, 0.3) is 11.3 Å². The van der Waals surface area contributed by atoms with Crippen LogP contribution in [0.3, 0.4) is 0 Å². The highest BCUT2D eigenvalue weighted by Crippen LogP contribution is 2.39. The van der Waals surface area contributed by atoms with Crippen LogP contribution in [-0.2, 0) is 9.47 Å². The number of pyridine rings is 1. The van der Waals surface area contributed by atoms with Crippen LogP contribution >= 0.6 is 23.4 Å². The van der Waals surface area contributed by atoms with Gasteiger partial charge in [0, 0.05) is 30.0 Å². The third-order valence-corrected chi connectivity index (χ3v) is 6.63. The molecule has 0 spiro atoms. The van der Waals surface area contributed by atoms with Gasteiger partial charge >= 0.3 is 0 Å². The molecule has 4 rings (SSSR count). The number of hydrogen-bond donors (Lipinski definition) is 2. The van der Waals surface area contributed by atoms with Crippen LogP contribution in [0.15, 0.2) is 47.8 Å². The number of aliphatic hydroxyl groups excluding tert-OH is 2. The molecule has 1 aliphatic heterocycles. The van der Waals surface area contributed by atoms with E-state index in [1.807, 2.05) is 0 Å². The van der Waals surface area contributed by atoms with Crippen LogP contribution in [0.1, 0.15) is 11.6 Å². The maximum absolute atomic E-state index is 14.0. The first-order valence-electron chi connectivity index (χ1n) is 9.84. The van der Waals surface area contributed by atoms with Gasteiger partial charge in [0.05, 0.1) is 17.8 Å². The quantitative estimate of drug-likeness (QED) is 0.555. The summed E-state index contributed by atoms with van der Waals surface area (Å²) in [7, 11) is 1.50. The summed E-state index contributed by atoms with van der Waals surface area (Å²) in [5, 5.41) is 29.5. The minimum Gasteiger partial charge on any atom is -0.394 e. The number of aliphatic hydroxyl groups is 2. The Balaban J connectivity index is 1.66. The Morgan fingerprint density at radius 1 is 1.31 bits per heavy atom. The minimum atomic E-state index is -1.12. The van der Waals surface area contributed by atoms with Gasteiger partial charge in [-0.15, -0.1) is 5.10 Å². The van der Waals surface area contributed by atoms with Crippen molar-refractivity contribution in [1.82, 2.24) is 20.0 Å². The highest BCUT2D eigenvalue weighted by molar-refractivity contribution is 7.99. The molecule has 1 saturated heterocycles. The summed E-state index contributed by atoms with van der Waals surface area (Å²) >= 11 is 7.35. The van der Waals surface area contributed by atoms with Crippen molar-refractivity contribution < 1.29 is 24.1 Å². The van der Waals surface area contributed by atoms with E-state index in [1.165, 1.54) is 35.8 Å². The van der Waals surface area contributed by atoms with E-state index in [4.69, 9.17) is 21.1 Å². The van der Waals surface area contributed by atoms with Gasteiger partial charge in [0.2, 0.25) is 0 Å². The molecule has 3 heterocycles. The van der Waals surface area contributed by atoms with Gasteiger partial charge in [-0.1, -0.05) is 40.7 Å². The van der Waals surface area contributed by atoms with Gasteiger partial charge in [0.15, 0.2) is 0 Å². The second-order valence-electron chi connectivity index (χ2n) is 7.41. The van der Waals surface area contributed by atoms with Crippen LogP contribution in [0.2, 0.25) is 5.02 Å².